The number of carbonyl (C=O) groups is 2. The van der Waals surface area contributed by atoms with Crippen LogP contribution in [0.2, 0.25) is 0 Å². The van der Waals surface area contributed by atoms with Crippen molar-refractivity contribution in [3.63, 3.8) is 0 Å². The van der Waals surface area contributed by atoms with Gasteiger partial charge in [-0.25, -0.2) is 4.39 Å². The third kappa shape index (κ3) is 3.98. The molecule has 2 heterocycles. The molecule has 0 radical (unpaired) electrons. The van der Waals surface area contributed by atoms with Crippen LogP contribution in [0.5, 0.6) is 0 Å². The topological polar surface area (TPSA) is 87.9 Å². The van der Waals surface area contributed by atoms with E-state index < -0.39 is 11.2 Å². The minimum atomic E-state index is -0.713. The van der Waals surface area contributed by atoms with Crippen LogP contribution in [0.1, 0.15) is 35.2 Å². The number of hydrogen-bond donors (Lipinski definition) is 1. The second kappa shape index (κ2) is 8.47. The quantitative estimate of drug-likeness (QED) is 0.814. The Morgan fingerprint density at radius 1 is 1.34 bits per heavy atom. The Morgan fingerprint density at radius 2 is 2.10 bits per heavy atom. The van der Waals surface area contributed by atoms with E-state index in [0.29, 0.717) is 32.4 Å². The Kier molecular flexibility index (Phi) is 6.20. The number of nitriles is 1. The molecule has 8 heteroatoms. The van der Waals surface area contributed by atoms with E-state index in [2.05, 4.69) is 4.90 Å². The van der Waals surface area contributed by atoms with Gasteiger partial charge < -0.3 is 19.8 Å². The lowest BCUT2D eigenvalue weighted by atomic mass is 9.67. The molecule has 0 bridgehead atoms. The summed E-state index contributed by atoms with van der Waals surface area (Å²) < 4.78 is 13.9. The fourth-order valence-corrected chi connectivity index (χ4v) is 4.70. The Morgan fingerprint density at radius 3 is 2.79 bits per heavy atom. The van der Waals surface area contributed by atoms with Crippen molar-refractivity contribution < 1.29 is 19.1 Å². The third-order valence-electron chi connectivity index (χ3n) is 6.20. The first-order chi connectivity index (χ1) is 13.8. The van der Waals surface area contributed by atoms with Gasteiger partial charge in [-0.05, 0) is 51.1 Å². The predicted molar refractivity (Wildman–Crippen MR) is 104 cm³/mol. The van der Waals surface area contributed by atoms with Crippen LogP contribution < -0.4 is 0 Å². The first-order valence-electron chi connectivity index (χ1n) is 9.89. The number of hydrogen-bond acceptors (Lipinski definition) is 5. The number of fused-ring (bicyclic) bond motifs is 1. The van der Waals surface area contributed by atoms with E-state index in [0.717, 1.165) is 18.7 Å². The number of aliphatic hydroxyl groups is 1. The second-order valence-corrected chi connectivity index (χ2v) is 8.08. The lowest BCUT2D eigenvalue weighted by molar-refractivity contribution is -0.152. The van der Waals surface area contributed by atoms with E-state index in [1.807, 2.05) is 13.1 Å². The van der Waals surface area contributed by atoms with Crippen LogP contribution in [0.25, 0.3) is 0 Å². The van der Waals surface area contributed by atoms with Crippen LogP contribution in [0.15, 0.2) is 18.2 Å². The van der Waals surface area contributed by atoms with E-state index in [1.165, 1.54) is 6.07 Å². The summed E-state index contributed by atoms with van der Waals surface area (Å²) in [6, 6.07) is 5.18. The average Bonchev–Trinajstić information content (AvgIpc) is 2.71. The van der Waals surface area contributed by atoms with Crippen molar-refractivity contribution in [1.29, 1.82) is 5.26 Å². The minimum Gasteiger partial charge on any atom is -0.395 e. The highest BCUT2D eigenvalue weighted by atomic mass is 19.1. The standard InChI is InChI=1S/C21H27FN4O3/c1-24-7-5-21(20(29)25(2)8-9-27)4-3-6-26(18(21)14-24)19(28)16-10-15(13-23)11-17(22)12-16/h10-12,18,27H,3-9,14H2,1-2H3/t18-,21+/m0/s1. The number of benzene rings is 1. The summed E-state index contributed by atoms with van der Waals surface area (Å²) in [7, 11) is 3.63. The smallest absolute Gasteiger partial charge is 0.254 e. The Hall–Kier alpha value is -2.50. The van der Waals surface area contributed by atoms with E-state index in [1.54, 1.807) is 16.8 Å². The Bertz CT molecular complexity index is 840. The maximum Gasteiger partial charge on any atom is 0.254 e. The molecule has 1 aromatic rings. The molecule has 0 aromatic heterocycles. The molecule has 1 aromatic carbocycles. The SMILES string of the molecule is CN1CC[C@]2(C(=O)N(C)CCO)CCCN(C(=O)c3cc(F)cc(C#N)c3)[C@H]2C1. The average molecular weight is 402 g/mol. The van der Waals surface area contributed by atoms with Gasteiger partial charge in [0.05, 0.1) is 29.7 Å². The van der Waals surface area contributed by atoms with Gasteiger partial charge in [0.25, 0.3) is 5.91 Å². The molecule has 2 aliphatic heterocycles. The number of halogens is 1. The molecule has 2 fully saturated rings. The first-order valence-corrected chi connectivity index (χ1v) is 9.89. The summed E-state index contributed by atoms with van der Waals surface area (Å²) in [5, 5.41) is 18.4. The molecule has 1 N–H and O–H groups in total. The highest BCUT2D eigenvalue weighted by Crippen LogP contribution is 2.44. The Labute approximate surface area is 170 Å². The molecular weight excluding hydrogens is 375 g/mol. The second-order valence-electron chi connectivity index (χ2n) is 8.08. The zero-order chi connectivity index (χ0) is 21.2. The van der Waals surface area contributed by atoms with Crippen molar-refractivity contribution in [1.82, 2.24) is 14.7 Å². The number of carbonyl (C=O) groups excluding carboxylic acids is 2. The molecule has 3 rings (SSSR count). The summed E-state index contributed by atoms with van der Waals surface area (Å²) in [5.41, 5.74) is -0.492. The van der Waals surface area contributed by atoms with Crippen molar-refractivity contribution in [3.05, 3.63) is 35.1 Å². The van der Waals surface area contributed by atoms with Crippen molar-refractivity contribution in [2.24, 2.45) is 5.41 Å². The summed E-state index contributed by atoms with van der Waals surface area (Å²) in [5.74, 6) is -1.04. The molecular formula is C21H27FN4O3. The number of nitrogens with zero attached hydrogens (tertiary/aromatic N) is 4. The van der Waals surface area contributed by atoms with Crippen LogP contribution in [0, 0.1) is 22.6 Å². The van der Waals surface area contributed by atoms with E-state index in [4.69, 9.17) is 5.26 Å². The van der Waals surface area contributed by atoms with Crippen molar-refractivity contribution in [2.75, 3.05) is 46.9 Å². The number of aliphatic hydroxyl groups excluding tert-OH is 1. The molecule has 2 aliphatic rings. The zero-order valence-corrected chi connectivity index (χ0v) is 16.9. The number of rotatable bonds is 4. The molecule has 2 amide bonds. The predicted octanol–water partition coefficient (Wildman–Crippen LogP) is 1.07. The van der Waals surface area contributed by atoms with Gasteiger partial charge in [-0.3, -0.25) is 9.59 Å². The molecule has 7 nitrogen and oxygen atoms in total. The highest BCUT2D eigenvalue weighted by Gasteiger charge is 2.54. The molecule has 0 spiro atoms. The van der Waals surface area contributed by atoms with Crippen molar-refractivity contribution in [2.45, 2.75) is 25.3 Å². The highest BCUT2D eigenvalue weighted by molar-refractivity contribution is 5.96. The molecule has 156 valence electrons. The Balaban J connectivity index is 1.97. The van der Waals surface area contributed by atoms with E-state index >= 15 is 0 Å². The third-order valence-corrected chi connectivity index (χ3v) is 6.20. The van der Waals surface area contributed by atoms with Gasteiger partial charge in [-0.1, -0.05) is 0 Å². The molecule has 29 heavy (non-hydrogen) atoms. The van der Waals surface area contributed by atoms with Crippen LogP contribution >= 0.6 is 0 Å². The summed E-state index contributed by atoms with van der Waals surface area (Å²) in [6.45, 7) is 1.90. The van der Waals surface area contributed by atoms with Crippen LogP contribution in [0.3, 0.4) is 0 Å². The number of likely N-dealkylation sites (N-methyl/N-ethyl adjacent to an activating group) is 2. The largest absolute Gasteiger partial charge is 0.395 e. The monoisotopic (exact) mass is 402 g/mol. The van der Waals surface area contributed by atoms with Gasteiger partial charge in [0.15, 0.2) is 0 Å². The van der Waals surface area contributed by atoms with Gasteiger partial charge in [0.2, 0.25) is 5.91 Å². The van der Waals surface area contributed by atoms with E-state index in [-0.39, 0.29) is 42.1 Å². The minimum absolute atomic E-state index is 0.0564. The van der Waals surface area contributed by atoms with Gasteiger partial charge in [0.1, 0.15) is 5.82 Å². The molecule has 0 saturated carbocycles. The molecule has 0 aliphatic carbocycles. The van der Waals surface area contributed by atoms with Gasteiger partial charge >= 0.3 is 0 Å². The molecule has 0 unspecified atom stereocenters. The van der Waals surface area contributed by atoms with Crippen LogP contribution in [-0.2, 0) is 4.79 Å². The van der Waals surface area contributed by atoms with Gasteiger partial charge in [-0.2, -0.15) is 5.26 Å². The van der Waals surface area contributed by atoms with E-state index in [9.17, 15) is 19.1 Å². The maximum atomic E-state index is 13.9. The number of amides is 2. The zero-order valence-electron chi connectivity index (χ0n) is 16.9. The summed E-state index contributed by atoms with van der Waals surface area (Å²) in [6.07, 6.45) is 1.97. The summed E-state index contributed by atoms with van der Waals surface area (Å²) >= 11 is 0. The maximum absolute atomic E-state index is 13.9. The molecule has 2 saturated heterocycles. The number of likely N-dealkylation sites (tertiary alicyclic amines) is 2. The fourth-order valence-electron chi connectivity index (χ4n) is 4.70. The lowest BCUT2D eigenvalue weighted by Gasteiger charge is -2.54. The first kappa shape index (κ1) is 21.2. The van der Waals surface area contributed by atoms with Crippen LogP contribution in [-0.4, -0.2) is 84.5 Å². The van der Waals surface area contributed by atoms with Crippen molar-refractivity contribution in [3.8, 4) is 6.07 Å². The van der Waals surface area contributed by atoms with Crippen LogP contribution in [0.4, 0.5) is 4.39 Å². The normalized spacial score (nSPS) is 24.5. The molecule has 2 atom stereocenters. The lowest BCUT2D eigenvalue weighted by Crippen LogP contribution is -2.66. The summed E-state index contributed by atoms with van der Waals surface area (Å²) in [4.78, 5) is 32.0. The van der Waals surface area contributed by atoms with Gasteiger partial charge in [-0.15, -0.1) is 0 Å². The fraction of sp³-hybridized carbons (Fsp3) is 0.571. The number of piperidine rings is 2. The van der Waals surface area contributed by atoms with Crippen molar-refractivity contribution >= 4 is 11.8 Å². The van der Waals surface area contributed by atoms with Gasteiger partial charge in [0, 0.05) is 32.2 Å².